The average Bonchev–Trinajstić information content (AvgIpc) is 3.57. The van der Waals surface area contributed by atoms with Crippen molar-refractivity contribution in [1.82, 2.24) is 14.5 Å². The highest BCUT2D eigenvalue weighted by Gasteiger charge is 2.35. The molecule has 2 aromatic carbocycles. The first-order chi connectivity index (χ1) is 22.3. The predicted molar refractivity (Wildman–Crippen MR) is 178 cm³/mol. The molecule has 10 nitrogen and oxygen atoms in total. The van der Waals surface area contributed by atoms with E-state index in [0.717, 1.165) is 5.69 Å². The first kappa shape index (κ1) is 31.5. The fraction of sp³-hybridized carbons (Fsp3) is 0.182. The molecule has 1 aliphatic rings. The zero-order valence-corrected chi connectivity index (χ0v) is 28.4. The molecule has 6 rings (SSSR count). The molecular weight excluding hydrogens is 692 g/mol. The lowest BCUT2D eigenvalue weighted by atomic mass is 9.93. The molecule has 0 bridgehead atoms. The van der Waals surface area contributed by atoms with Crippen molar-refractivity contribution in [1.29, 1.82) is 0 Å². The number of aromatic nitrogens is 3. The molecule has 0 saturated heterocycles. The van der Waals surface area contributed by atoms with Crippen LogP contribution in [0, 0.1) is 6.92 Å². The zero-order chi connectivity index (χ0) is 32.4. The predicted octanol–water partition coefficient (Wildman–Crippen LogP) is 5.56. The number of methoxy groups -OCH3 is 2. The first-order valence-corrected chi connectivity index (χ1v) is 16.5. The Hall–Kier alpha value is -4.46. The van der Waals surface area contributed by atoms with Crippen LogP contribution in [0.2, 0.25) is 0 Å². The van der Waals surface area contributed by atoms with Crippen LogP contribution < -0.4 is 24.4 Å². The lowest BCUT2D eigenvalue weighted by Gasteiger charge is -2.26. The summed E-state index contributed by atoms with van der Waals surface area (Å²) >= 11 is 6.02. The van der Waals surface area contributed by atoms with E-state index in [0.29, 0.717) is 58.1 Å². The van der Waals surface area contributed by atoms with Gasteiger partial charge in [-0.3, -0.25) is 9.36 Å². The summed E-state index contributed by atoms with van der Waals surface area (Å²) in [5, 5.41) is 1.08. The molecule has 3 aromatic heterocycles. The van der Waals surface area contributed by atoms with Crippen molar-refractivity contribution >= 4 is 56.8 Å². The van der Waals surface area contributed by atoms with Crippen molar-refractivity contribution in [3.05, 3.63) is 119 Å². The normalized spacial score (nSPS) is 14.5. The molecule has 13 heteroatoms. The van der Waals surface area contributed by atoms with Crippen molar-refractivity contribution in [3.63, 3.8) is 0 Å². The quantitative estimate of drug-likeness (QED) is 0.143. The minimum atomic E-state index is -0.875. The molecule has 0 aliphatic carbocycles. The number of benzene rings is 2. The Morgan fingerprint density at radius 1 is 1.11 bits per heavy atom. The highest BCUT2D eigenvalue weighted by molar-refractivity contribution is 9.10. The van der Waals surface area contributed by atoms with Crippen molar-refractivity contribution < 1.29 is 23.4 Å². The first-order valence-electron chi connectivity index (χ1n) is 14.1. The van der Waals surface area contributed by atoms with Gasteiger partial charge in [-0.05, 0) is 71.4 Å². The molecule has 1 aliphatic heterocycles. The Balaban J connectivity index is 1.55. The van der Waals surface area contributed by atoms with Gasteiger partial charge in [0, 0.05) is 23.5 Å². The number of fused-ring (bicyclic) bond motifs is 1. The summed E-state index contributed by atoms with van der Waals surface area (Å²) in [4.78, 5) is 42.0. The third-order valence-corrected chi connectivity index (χ3v) is 9.70. The molecule has 1 atom stereocenters. The van der Waals surface area contributed by atoms with Crippen molar-refractivity contribution in [2.45, 2.75) is 30.1 Å². The summed E-state index contributed by atoms with van der Waals surface area (Å²) in [6, 6.07) is 17.4. The molecule has 46 heavy (non-hydrogen) atoms. The second-order valence-electron chi connectivity index (χ2n) is 9.91. The van der Waals surface area contributed by atoms with Crippen LogP contribution in [0.5, 0.6) is 11.5 Å². The van der Waals surface area contributed by atoms with Crippen LogP contribution in [-0.2, 0) is 9.53 Å². The number of carbonyl (C=O) groups excluding carboxylic acids is 1. The summed E-state index contributed by atoms with van der Waals surface area (Å²) in [6.07, 6.45) is 3.35. The van der Waals surface area contributed by atoms with E-state index in [2.05, 4.69) is 25.9 Å². The van der Waals surface area contributed by atoms with E-state index in [4.69, 9.17) is 23.6 Å². The van der Waals surface area contributed by atoms with Gasteiger partial charge >= 0.3 is 5.97 Å². The van der Waals surface area contributed by atoms with Gasteiger partial charge in [0.05, 0.1) is 47.1 Å². The summed E-state index contributed by atoms with van der Waals surface area (Å²) in [5.74, 6) is 0.834. The maximum absolute atomic E-state index is 14.2. The molecule has 4 heterocycles. The van der Waals surface area contributed by atoms with Crippen LogP contribution in [-0.4, -0.2) is 41.3 Å². The number of rotatable bonds is 9. The molecule has 0 fully saturated rings. The smallest absolute Gasteiger partial charge is 0.338 e. The standard InChI is InChI=1S/C33H27BrN4O6S2/c1-5-43-30(40)26-27(19-9-7-6-8-10-19)37-33-38(28(26)20-11-12-23(41-3)24(15-20)42-4)29(39)25(45-33)17-21-16-22(34)31(44-21)46-32-35-14-13-18(2)36-32/h6-17,28H,5H2,1-4H3/b25-17+/t28-/m1/s1. The highest BCUT2D eigenvalue weighted by Crippen LogP contribution is 2.39. The fourth-order valence-corrected chi connectivity index (χ4v) is 7.27. The lowest BCUT2D eigenvalue weighted by Crippen LogP contribution is -2.40. The number of furan rings is 1. The molecule has 0 radical (unpaired) electrons. The molecule has 5 aromatic rings. The van der Waals surface area contributed by atoms with Crippen LogP contribution in [0.3, 0.4) is 0 Å². The van der Waals surface area contributed by atoms with Gasteiger partial charge < -0.3 is 18.6 Å². The van der Waals surface area contributed by atoms with E-state index >= 15 is 0 Å². The number of halogens is 1. The number of aryl methyl sites for hydroxylation is 1. The second kappa shape index (κ2) is 13.5. The monoisotopic (exact) mass is 718 g/mol. The van der Waals surface area contributed by atoms with E-state index in [1.54, 1.807) is 50.6 Å². The molecular formula is C33H27BrN4O6S2. The molecule has 234 valence electrons. The Morgan fingerprint density at radius 3 is 2.61 bits per heavy atom. The fourth-order valence-electron chi connectivity index (χ4n) is 4.98. The van der Waals surface area contributed by atoms with E-state index < -0.39 is 12.0 Å². The Bertz CT molecular complexity index is 2160. The van der Waals surface area contributed by atoms with E-state index in [9.17, 15) is 9.59 Å². The van der Waals surface area contributed by atoms with Crippen LogP contribution >= 0.6 is 39.0 Å². The Kier molecular flexibility index (Phi) is 9.24. The van der Waals surface area contributed by atoms with Gasteiger partial charge in [0.15, 0.2) is 26.5 Å². The lowest BCUT2D eigenvalue weighted by molar-refractivity contribution is -0.138. The average molecular weight is 720 g/mol. The van der Waals surface area contributed by atoms with Crippen LogP contribution in [0.15, 0.2) is 101 Å². The second-order valence-corrected chi connectivity index (χ2v) is 12.7. The maximum atomic E-state index is 14.2. The largest absolute Gasteiger partial charge is 0.493 e. The summed E-state index contributed by atoms with van der Waals surface area (Å²) in [6.45, 7) is 3.77. The highest BCUT2D eigenvalue weighted by atomic mass is 79.9. The molecule has 0 amide bonds. The number of esters is 1. The number of hydrogen-bond donors (Lipinski definition) is 0. The van der Waals surface area contributed by atoms with Gasteiger partial charge in [-0.2, -0.15) is 0 Å². The topological polar surface area (TPSA) is 118 Å². The van der Waals surface area contributed by atoms with Gasteiger partial charge in [0.25, 0.3) is 5.56 Å². The van der Waals surface area contributed by atoms with E-state index in [1.165, 1.54) is 34.8 Å². The van der Waals surface area contributed by atoms with Gasteiger partial charge in [0.1, 0.15) is 5.76 Å². The van der Waals surface area contributed by atoms with Crippen LogP contribution in [0.1, 0.15) is 35.5 Å². The van der Waals surface area contributed by atoms with E-state index in [1.807, 2.05) is 43.3 Å². The molecule has 0 N–H and O–H groups in total. The van der Waals surface area contributed by atoms with Crippen molar-refractivity contribution in [3.8, 4) is 11.5 Å². The van der Waals surface area contributed by atoms with Crippen molar-refractivity contribution in [2.24, 2.45) is 4.99 Å². The van der Waals surface area contributed by atoms with Crippen molar-refractivity contribution in [2.75, 3.05) is 20.8 Å². The SMILES string of the molecule is CCOC(=O)C1=C(c2ccccc2)N=c2s/c(=C/c3cc(Br)c(Sc4nccc(C)n4)o3)c(=O)n2[C@@H]1c1ccc(OC)c(OC)c1. The Morgan fingerprint density at radius 2 is 1.89 bits per heavy atom. The van der Waals surface area contributed by atoms with Gasteiger partial charge in [0.2, 0.25) is 0 Å². The van der Waals surface area contributed by atoms with Gasteiger partial charge in [-0.15, -0.1) is 0 Å². The minimum Gasteiger partial charge on any atom is -0.493 e. The number of thiazole rings is 1. The van der Waals surface area contributed by atoms with Crippen LogP contribution in [0.25, 0.3) is 11.8 Å². The molecule has 0 spiro atoms. The number of nitrogens with zero attached hydrogens (tertiary/aromatic N) is 4. The van der Waals surface area contributed by atoms with Gasteiger partial charge in [-0.25, -0.2) is 19.8 Å². The zero-order valence-electron chi connectivity index (χ0n) is 25.1. The van der Waals surface area contributed by atoms with E-state index in [-0.39, 0.29) is 17.7 Å². The number of carbonyl (C=O) groups is 1. The van der Waals surface area contributed by atoms with Crippen LogP contribution in [0.4, 0.5) is 0 Å². The number of hydrogen-bond acceptors (Lipinski definition) is 11. The minimum absolute atomic E-state index is 0.148. The Labute approximate surface area is 280 Å². The third kappa shape index (κ3) is 6.17. The third-order valence-electron chi connectivity index (χ3n) is 7.00. The molecule has 0 unspecified atom stereocenters. The summed E-state index contributed by atoms with van der Waals surface area (Å²) < 4.78 is 25.3. The summed E-state index contributed by atoms with van der Waals surface area (Å²) in [5.41, 5.74) is 2.47. The summed E-state index contributed by atoms with van der Waals surface area (Å²) in [7, 11) is 3.08. The van der Waals surface area contributed by atoms with Gasteiger partial charge in [-0.1, -0.05) is 47.7 Å². The number of ether oxygens (including phenoxy) is 3. The molecule has 0 saturated carbocycles. The maximum Gasteiger partial charge on any atom is 0.338 e.